The van der Waals surface area contributed by atoms with E-state index in [9.17, 15) is 4.79 Å². The van der Waals surface area contributed by atoms with Gasteiger partial charge in [0, 0.05) is 57.3 Å². The molecule has 2 aromatic heterocycles. The number of hydrogen-bond acceptors (Lipinski definition) is 6. The molecule has 2 saturated heterocycles. The standard InChI is InChI=1S/C22H33N5O3/c1-16-14-17(2)27(24-16)11-7-21(28)26-10-3-4-18(15-26)5-6-20-23-22(30-25-20)19-8-12-29-13-9-19/h14,18-19H,3-13,15H2,1-2H3. The third kappa shape index (κ3) is 5.28. The molecule has 8 heteroatoms. The van der Waals surface area contributed by atoms with E-state index in [-0.39, 0.29) is 5.91 Å². The lowest BCUT2D eigenvalue weighted by Crippen LogP contribution is -2.40. The van der Waals surface area contributed by atoms with Crippen LogP contribution in [0.2, 0.25) is 0 Å². The highest BCUT2D eigenvalue weighted by Gasteiger charge is 2.25. The second-order valence-corrected chi connectivity index (χ2v) is 8.72. The van der Waals surface area contributed by atoms with E-state index in [1.54, 1.807) is 0 Å². The molecule has 0 radical (unpaired) electrons. The summed E-state index contributed by atoms with van der Waals surface area (Å²) in [5, 5.41) is 8.64. The molecule has 1 unspecified atom stereocenters. The number of hydrogen-bond donors (Lipinski definition) is 0. The van der Waals surface area contributed by atoms with Crippen molar-refractivity contribution in [2.24, 2.45) is 5.92 Å². The summed E-state index contributed by atoms with van der Waals surface area (Å²) in [6, 6.07) is 2.05. The third-order valence-corrected chi connectivity index (χ3v) is 6.34. The Morgan fingerprint density at radius 1 is 1.23 bits per heavy atom. The predicted octanol–water partition coefficient (Wildman–Crippen LogP) is 3.04. The summed E-state index contributed by atoms with van der Waals surface area (Å²) in [5.41, 5.74) is 2.11. The maximum atomic E-state index is 12.7. The largest absolute Gasteiger partial charge is 0.381 e. The van der Waals surface area contributed by atoms with Crippen LogP contribution in [-0.2, 0) is 22.5 Å². The van der Waals surface area contributed by atoms with E-state index >= 15 is 0 Å². The number of aromatic nitrogens is 4. The lowest BCUT2D eigenvalue weighted by molar-refractivity contribution is -0.133. The zero-order valence-corrected chi connectivity index (χ0v) is 18.2. The van der Waals surface area contributed by atoms with Gasteiger partial charge in [-0.15, -0.1) is 0 Å². The molecule has 2 fully saturated rings. The Labute approximate surface area is 178 Å². The van der Waals surface area contributed by atoms with Crippen molar-refractivity contribution in [2.45, 2.75) is 71.3 Å². The van der Waals surface area contributed by atoms with Crippen molar-refractivity contribution in [1.29, 1.82) is 0 Å². The van der Waals surface area contributed by atoms with Crippen LogP contribution in [0.4, 0.5) is 0 Å². The van der Waals surface area contributed by atoms with Gasteiger partial charge in [0.1, 0.15) is 0 Å². The van der Waals surface area contributed by atoms with Crippen molar-refractivity contribution >= 4 is 5.91 Å². The lowest BCUT2D eigenvalue weighted by Gasteiger charge is -2.32. The average molecular weight is 416 g/mol. The molecule has 2 aliphatic heterocycles. The van der Waals surface area contributed by atoms with Gasteiger partial charge in [0.15, 0.2) is 5.82 Å². The van der Waals surface area contributed by atoms with Crippen LogP contribution in [0.3, 0.4) is 0 Å². The Kier molecular flexibility index (Phi) is 6.82. The van der Waals surface area contributed by atoms with Crippen LogP contribution in [0.25, 0.3) is 0 Å². The number of carbonyl (C=O) groups is 1. The molecule has 30 heavy (non-hydrogen) atoms. The predicted molar refractivity (Wildman–Crippen MR) is 111 cm³/mol. The first-order valence-electron chi connectivity index (χ1n) is 11.3. The van der Waals surface area contributed by atoms with E-state index in [2.05, 4.69) is 15.2 Å². The quantitative estimate of drug-likeness (QED) is 0.691. The zero-order valence-electron chi connectivity index (χ0n) is 18.2. The summed E-state index contributed by atoms with van der Waals surface area (Å²) in [4.78, 5) is 19.4. The molecule has 4 rings (SSSR count). The monoisotopic (exact) mass is 415 g/mol. The molecule has 164 valence electrons. The zero-order chi connectivity index (χ0) is 20.9. The number of likely N-dealkylation sites (tertiary alicyclic amines) is 1. The van der Waals surface area contributed by atoms with Crippen molar-refractivity contribution in [3.63, 3.8) is 0 Å². The van der Waals surface area contributed by atoms with Gasteiger partial charge in [-0.05, 0) is 57.9 Å². The minimum Gasteiger partial charge on any atom is -0.381 e. The Bertz CT molecular complexity index is 840. The Morgan fingerprint density at radius 2 is 2.07 bits per heavy atom. The highest BCUT2D eigenvalue weighted by molar-refractivity contribution is 5.76. The Hall–Kier alpha value is -2.22. The number of piperidine rings is 1. The van der Waals surface area contributed by atoms with Crippen LogP contribution in [0, 0.1) is 19.8 Å². The normalized spacial score (nSPS) is 20.6. The smallest absolute Gasteiger partial charge is 0.229 e. The highest BCUT2D eigenvalue weighted by Crippen LogP contribution is 2.26. The van der Waals surface area contributed by atoms with Gasteiger partial charge >= 0.3 is 0 Å². The van der Waals surface area contributed by atoms with Crippen LogP contribution in [0.5, 0.6) is 0 Å². The second kappa shape index (κ2) is 9.73. The van der Waals surface area contributed by atoms with E-state index < -0.39 is 0 Å². The molecule has 0 saturated carbocycles. The van der Waals surface area contributed by atoms with Gasteiger partial charge in [-0.3, -0.25) is 9.48 Å². The topological polar surface area (TPSA) is 86.3 Å². The molecular weight excluding hydrogens is 382 g/mol. The van der Waals surface area contributed by atoms with Crippen molar-refractivity contribution in [2.75, 3.05) is 26.3 Å². The summed E-state index contributed by atoms with van der Waals surface area (Å²) >= 11 is 0. The van der Waals surface area contributed by atoms with Crippen molar-refractivity contribution in [3.05, 3.63) is 29.2 Å². The minimum atomic E-state index is 0.230. The van der Waals surface area contributed by atoms with Gasteiger partial charge in [0.2, 0.25) is 11.8 Å². The molecule has 0 spiro atoms. The van der Waals surface area contributed by atoms with Crippen molar-refractivity contribution in [1.82, 2.24) is 24.8 Å². The number of carbonyl (C=O) groups excluding carboxylic acids is 1. The first-order valence-corrected chi connectivity index (χ1v) is 11.3. The van der Waals surface area contributed by atoms with Gasteiger partial charge in [-0.1, -0.05) is 5.16 Å². The van der Waals surface area contributed by atoms with Gasteiger partial charge in [-0.2, -0.15) is 10.1 Å². The van der Waals surface area contributed by atoms with Crippen LogP contribution >= 0.6 is 0 Å². The van der Waals surface area contributed by atoms with E-state index in [1.807, 2.05) is 29.5 Å². The molecule has 1 atom stereocenters. The van der Waals surface area contributed by atoms with Crippen molar-refractivity contribution < 1.29 is 14.1 Å². The van der Waals surface area contributed by atoms with Crippen LogP contribution < -0.4 is 0 Å². The fraction of sp³-hybridized carbons (Fsp3) is 0.727. The van der Waals surface area contributed by atoms with Gasteiger partial charge in [-0.25, -0.2) is 0 Å². The highest BCUT2D eigenvalue weighted by atomic mass is 16.5. The first-order chi connectivity index (χ1) is 14.6. The van der Waals surface area contributed by atoms with Crippen molar-refractivity contribution in [3.8, 4) is 0 Å². The molecule has 2 aromatic rings. The summed E-state index contributed by atoms with van der Waals surface area (Å²) in [7, 11) is 0. The SMILES string of the molecule is Cc1cc(C)n(CCC(=O)N2CCCC(CCc3noc(C4CCOCC4)n3)C2)n1. The maximum Gasteiger partial charge on any atom is 0.229 e. The molecule has 0 aromatic carbocycles. The second-order valence-electron chi connectivity index (χ2n) is 8.72. The number of amides is 1. The Morgan fingerprint density at radius 3 is 2.83 bits per heavy atom. The fourth-order valence-corrected chi connectivity index (χ4v) is 4.60. The Balaban J connectivity index is 1.23. The minimum absolute atomic E-state index is 0.230. The third-order valence-electron chi connectivity index (χ3n) is 6.34. The molecule has 0 bridgehead atoms. The number of aryl methyl sites for hydroxylation is 4. The summed E-state index contributed by atoms with van der Waals surface area (Å²) in [6.45, 7) is 7.91. The molecule has 2 aliphatic rings. The molecule has 0 aliphatic carbocycles. The van der Waals surface area contributed by atoms with Gasteiger partial charge in [0.25, 0.3) is 0 Å². The molecule has 4 heterocycles. The molecule has 1 amide bonds. The van der Waals surface area contributed by atoms with Gasteiger partial charge < -0.3 is 14.2 Å². The molecule has 0 N–H and O–H groups in total. The fourth-order valence-electron chi connectivity index (χ4n) is 4.60. The van der Waals surface area contributed by atoms with E-state index in [0.717, 1.165) is 87.9 Å². The summed E-state index contributed by atoms with van der Waals surface area (Å²) < 4.78 is 12.8. The van der Waals surface area contributed by atoms with E-state index in [1.165, 1.54) is 0 Å². The van der Waals surface area contributed by atoms with Crippen LogP contribution in [-0.4, -0.2) is 57.0 Å². The van der Waals surface area contributed by atoms with Gasteiger partial charge in [0.05, 0.1) is 5.69 Å². The lowest BCUT2D eigenvalue weighted by atomic mass is 9.93. The van der Waals surface area contributed by atoms with Crippen LogP contribution in [0.15, 0.2) is 10.6 Å². The van der Waals surface area contributed by atoms with E-state index in [0.29, 0.717) is 24.8 Å². The molecular formula is C22H33N5O3. The van der Waals surface area contributed by atoms with Crippen LogP contribution in [0.1, 0.15) is 67.5 Å². The number of rotatable bonds is 7. The average Bonchev–Trinajstić information content (AvgIpc) is 3.37. The van der Waals surface area contributed by atoms with E-state index in [4.69, 9.17) is 9.26 Å². The number of ether oxygens (including phenoxy) is 1. The first kappa shape index (κ1) is 21.0. The molecule has 8 nitrogen and oxygen atoms in total. The summed E-state index contributed by atoms with van der Waals surface area (Å²) in [6.07, 6.45) is 6.45. The summed E-state index contributed by atoms with van der Waals surface area (Å²) in [5.74, 6) is 2.63. The number of nitrogens with zero attached hydrogens (tertiary/aromatic N) is 5. The maximum absolute atomic E-state index is 12.7.